The van der Waals surface area contributed by atoms with Gasteiger partial charge in [-0.15, -0.1) is 0 Å². The minimum absolute atomic E-state index is 0.178. The van der Waals surface area contributed by atoms with Crippen molar-refractivity contribution in [3.63, 3.8) is 0 Å². The first-order chi connectivity index (χ1) is 12.4. The van der Waals surface area contributed by atoms with Gasteiger partial charge < -0.3 is 14.8 Å². The van der Waals surface area contributed by atoms with Gasteiger partial charge in [0.25, 0.3) is 0 Å². The Morgan fingerprint density at radius 3 is 2.85 bits per heavy atom. The summed E-state index contributed by atoms with van der Waals surface area (Å²) in [6.45, 7) is 0. The van der Waals surface area contributed by atoms with Crippen LogP contribution >= 0.6 is 23.2 Å². The van der Waals surface area contributed by atoms with Crippen LogP contribution in [-0.4, -0.2) is 28.0 Å². The van der Waals surface area contributed by atoms with Crippen molar-refractivity contribution in [3.05, 3.63) is 40.3 Å². The number of carboxylic acids is 1. The lowest BCUT2D eigenvalue weighted by molar-refractivity contribution is -0.142. The first-order valence-corrected chi connectivity index (χ1v) is 9.12. The Bertz CT molecular complexity index is 821. The number of rotatable bonds is 6. The Labute approximate surface area is 160 Å². The van der Waals surface area contributed by atoms with Gasteiger partial charge in [-0.25, -0.2) is 4.98 Å². The van der Waals surface area contributed by atoms with Crippen LogP contribution in [0.5, 0.6) is 0 Å². The second-order valence-electron chi connectivity index (χ2n) is 6.29. The van der Waals surface area contributed by atoms with E-state index in [1.54, 1.807) is 24.4 Å². The number of carboxylic acid groups (broad SMARTS) is 1. The van der Waals surface area contributed by atoms with E-state index in [9.17, 15) is 9.59 Å². The average Bonchev–Trinajstić information content (AvgIpc) is 3.22. The Balaban J connectivity index is 1.56. The molecule has 0 spiro atoms. The summed E-state index contributed by atoms with van der Waals surface area (Å²) in [6.07, 6.45) is 4.16. The number of amides is 1. The van der Waals surface area contributed by atoms with Crippen LogP contribution in [0.3, 0.4) is 0 Å². The van der Waals surface area contributed by atoms with Crippen molar-refractivity contribution in [1.29, 1.82) is 0 Å². The number of nitrogens with zero attached hydrogens (tertiary/aromatic N) is 1. The number of hydrogen-bond donors (Lipinski definition) is 2. The molecule has 2 aromatic rings. The van der Waals surface area contributed by atoms with Gasteiger partial charge in [-0.3, -0.25) is 9.59 Å². The van der Waals surface area contributed by atoms with Gasteiger partial charge in [-0.05, 0) is 31.0 Å². The van der Waals surface area contributed by atoms with Crippen LogP contribution in [0.25, 0.3) is 11.3 Å². The van der Waals surface area contributed by atoms with Crippen LogP contribution in [0.15, 0.2) is 28.8 Å². The fourth-order valence-corrected chi connectivity index (χ4v) is 3.67. The molecule has 138 valence electrons. The number of hydrogen-bond acceptors (Lipinski definition) is 4. The molecule has 1 aliphatic carbocycles. The molecule has 0 saturated heterocycles. The maximum atomic E-state index is 12.1. The van der Waals surface area contributed by atoms with Crippen LogP contribution in [0, 0.1) is 5.92 Å². The van der Waals surface area contributed by atoms with Crippen molar-refractivity contribution in [2.75, 3.05) is 0 Å². The van der Waals surface area contributed by atoms with Gasteiger partial charge in [-0.2, -0.15) is 0 Å². The zero-order valence-electron chi connectivity index (χ0n) is 13.9. The van der Waals surface area contributed by atoms with E-state index in [0.717, 1.165) is 6.42 Å². The number of oxazole rings is 1. The molecule has 1 aromatic heterocycles. The normalized spacial score (nSPS) is 19.5. The zero-order chi connectivity index (χ0) is 18.7. The second kappa shape index (κ2) is 8.10. The summed E-state index contributed by atoms with van der Waals surface area (Å²) in [5.74, 6) is -0.636. The first-order valence-electron chi connectivity index (χ1n) is 8.36. The number of benzene rings is 1. The molecule has 1 fully saturated rings. The highest BCUT2D eigenvalue weighted by Crippen LogP contribution is 2.31. The Morgan fingerprint density at radius 2 is 2.12 bits per heavy atom. The molecule has 3 rings (SSSR count). The smallest absolute Gasteiger partial charge is 0.308 e. The predicted octanol–water partition coefficient (Wildman–Crippen LogP) is 3.95. The van der Waals surface area contributed by atoms with Crippen LogP contribution in [-0.2, 0) is 16.0 Å². The molecule has 1 heterocycles. The van der Waals surface area contributed by atoms with E-state index in [-0.39, 0.29) is 18.4 Å². The zero-order valence-corrected chi connectivity index (χ0v) is 15.4. The van der Waals surface area contributed by atoms with Gasteiger partial charge in [0.1, 0.15) is 0 Å². The highest BCUT2D eigenvalue weighted by molar-refractivity contribution is 6.36. The minimum atomic E-state index is -0.856. The molecule has 8 heteroatoms. The third-order valence-corrected chi connectivity index (χ3v) is 5.04. The molecule has 0 bridgehead atoms. The van der Waals surface area contributed by atoms with E-state index in [0.29, 0.717) is 46.5 Å². The molecule has 2 atom stereocenters. The minimum Gasteiger partial charge on any atom is -0.481 e. The molecule has 1 aromatic carbocycles. The third-order valence-electron chi connectivity index (χ3n) is 4.50. The van der Waals surface area contributed by atoms with Gasteiger partial charge >= 0.3 is 5.97 Å². The fourth-order valence-electron chi connectivity index (χ4n) is 3.17. The van der Waals surface area contributed by atoms with Crippen LogP contribution in [0.4, 0.5) is 0 Å². The van der Waals surface area contributed by atoms with Crippen molar-refractivity contribution in [2.45, 2.75) is 38.1 Å². The number of aromatic nitrogens is 1. The lowest BCUT2D eigenvalue weighted by Gasteiger charge is -2.17. The first kappa shape index (κ1) is 18.7. The van der Waals surface area contributed by atoms with Crippen molar-refractivity contribution < 1.29 is 19.1 Å². The van der Waals surface area contributed by atoms with E-state index >= 15 is 0 Å². The molecular formula is C18H18Cl2N2O4. The van der Waals surface area contributed by atoms with Gasteiger partial charge in [-0.1, -0.05) is 29.6 Å². The molecule has 6 nitrogen and oxygen atoms in total. The maximum Gasteiger partial charge on any atom is 0.308 e. The fraction of sp³-hybridized carbons (Fsp3) is 0.389. The molecule has 0 unspecified atom stereocenters. The average molecular weight is 397 g/mol. The monoisotopic (exact) mass is 396 g/mol. The van der Waals surface area contributed by atoms with E-state index in [2.05, 4.69) is 10.3 Å². The molecular weight excluding hydrogens is 379 g/mol. The number of halogens is 2. The Kier molecular flexibility index (Phi) is 5.84. The molecule has 26 heavy (non-hydrogen) atoms. The topological polar surface area (TPSA) is 92.4 Å². The van der Waals surface area contributed by atoms with Crippen LogP contribution in [0.1, 0.15) is 31.6 Å². The molecule has 0 radical (unpaired) electrons. The molecule has 1 saturated carbocycles. The summed E-state index contributed by atoms with van der Waals surface area (Å²) in [4.78, 5) is 27.4. The summed E-state index contributed by atoms with van der Waals surface area (Å²) < 4.78 is 5.66. The van der Waals surface area contributed by atoms with Crippen LogP contribution in [0.2, 0.25) is 10.0 Å². The number of carbonyl (C=O) groups excluding carboxylic acids is 1. The number of aryl methyl sites for hydroxylation is 1. The lowest BCUT2D eigenvalue weighted by Crippen LogP contribution is -2.40. The quantitative estimate of drug-likeness (QED) is 0.770. The van der Waals surface area contributed by atoms with E-state index < -0.39 is 11.9 Å². The van der Waals surface area contributed by atoms with E-state index in [1.807, 2.05) is 0 Å². The SMILES string of the molecule is O=C(CCc1ncc(-c2ccc(Cl)cc2Cl)o1)N[C@H]1CCC[C@H]1C(=O)O. The van der Waals surface area contributed by atoms with Crippen LogP contribution < -0.4 is 5.32 Å². The predicted molar refractivity (Wildman–Crippen MR) is 97.2 cm³/mol. The summed E-state index contributed by atoms with van der Waals surface area (Å²) in [7, 11) is 0. The highest BCUT2D eigenvalue weighted by atomic mass is 35.5. The van der Waals surface area contributed by atoms with Gasteiger partial charge in [0.15, 0.2) is 11.7 Å². The van der Waals surface area contributed by atoms with Gasteiger partial charge in [0, 0.05) is 29.5 Å². The summed E-state index contributed by atoms with van der Waals surface area (Å²) in [5.41, 5.74) is 0.675. The van der Waals surface area contributed by atoms with Crippen molar-refractivity contribution in [1.82, 2.24) is 10.3 Å². The largest absolute Gasteiger partial charge is 0.481 e. The molecule has 1 aliphatic rings. The maximum absolute atomic E-state index is 12.1. The second-order valence-corrected chi connectivity index (χ2v) is 7.14. The lowest BCUT2D eigenvalue weighted by atomic mass is 10.0. The van der Waals surface area contributed by atoms with Gasteiger partial charge in [0.2, 0.25) is 5.91 Å². The van der Waals surface area contributed by atoms with Crippen molar-refractivity contribution in [2.24, 2.45) is 5.92 Å². The third kappa shape index (κ3) is 4.37. The summed E-state index contributed by atoms with van der Waals surface area (Å²) >= 11 is 12.0. The molecule has 0 aliphatic heterocycles. The number of aliphatic carboxylic acids is 1. The van der Waals surface area contributed by atoms with Gasteiger partial charge in [0.05, 0.1) is 17.1 Å². The van der Waals surface area contributed by atoms with E-state index in [4.69, 9.17) is 32.7 Å². The summed E-state index contributed by atoms with van der Waals surface area (Å²) in [6, 6.07) is 4.77. The molecule has 1 amide bonds. The van der Waals surface area contributed by atoms with Crippen molar-refractivity contribution >= 4 is 35.1 Å². The molecule has 2 N–H and O–H groups in total. The number of carbonyl (C=O) groups is 2. The van der Waals surface area contributed by atoms with E-state index in [1.165, 1.54) is 0 Å². The highest BCUT2D eigenvalue weighted by Gasteiger charge is 2.33. The Morgan fingerprint density at radius 1 is 1.31 bits per heavy atom. The number of nitrogens with one attached hydrogen (secondary N) is 1. The van der Waals surface area contributed by atoms with Crippen molar-refractivity contribution in [3.8, 4) is 11.3 Å². The standard InChI is InChI=1S/C18H18Cl2N2O4/c19-10-4-5-11(13(20)8-10)15-9-21-17(26-15)7-6-16(23)22-14-3-1-2-12(14)18(24)25/h4-5,8-9,12,14H,1-3,6-7H2,(H,22,23)(H,24,25)/t12-,14+/m1/s1. The Hall–Kier alpha value is -2.05. The summed E-state index contributed by atoms with van der Waals surface area (Å²) in [5, 5.41) is 13.0.